The van der Waals surface area contributed by atoms with E-state index in [2.05, 4.69) is 43.7 Å². The number of rotatable bonds is 2. The van der Waals surface area contributed by atoms with E-state index in [1.165, 1.54) is 16.9 Å². The monoisotopic (exact) mass is 379 g/mol. The van der Waals surface area contributed by atoms with Crippen molar-refractivity contribution in [2.24, 2.45) is 0 Å². The molecule has 2 bridgehead atoms. The third kappa shape index (κ3) is 2.42. The molecule has 2 aliphatic heterocycles. The maximum Gasteiger partial charge on any atom is 0.264 e. The van der Waals surface area contributed by atoms with Crippen LogP contribution in [0.3, 0.4) is 0 Å². The number of fused-ring (bicyclic) bond motifs is 2. The van der Waals surface area contributed by atoms with Crippen LogP contribution in [-0.2, 0) is 0 Å². The van der Waals surface area contributed by atoms with Crippen LogP contribution in [0.1, 0.15) is 47.0 Å². The fourth-order valence-electron chi connectivity index (χ4n) is 3.88. The van der Waals surface area contributed by atoms with E-state index in [-0.39, 0.29) is 5.91 Å². The largest absolute Gasteiger partial charge is 0.332 e. The molecular formula is C16H18BrN3OS. The second-order valence-corrected chi connectivity index (χ2v) is 8.18. The zero-order valence-electron chi connectivity index (χ0n) is 12.4. The number of carbonyl (C=O) groups excluding carboxylic acids is 1. The normalized spacial score (nSPS) is 27.4. The molecule has 6 heteroatoms. The highest BCUT2D eigenvalue weighted by molar-refractivity contribution is 9.10. The summed E-state index contributed by atoms with van der Waals surface area (Å²) < 4.78 is 3.10. The Balaban J connectivity index is 1.55. The molecule has 0 spiro atoms. The molecule has 0 radical (unpaired) electrons. The number of piperidine rings is 1. The van der Waals surface area contributed by atoms with Crippen LogP contribution >= 0.6 is 27.3 Å². The van der Waals surface area contributed by atoms with Gasteiger partial charge in [-0.05, 0) is 60.2 Å². The van der Waals surface area contributed by atoms with Gasteiger partial charge in [-0.3, -0.25) is 9.48 Å². The first-order chi connectivity index (χ1) is 10.6. The Morgan fingerprint density at radius 2 is 2.05 bits per heavy atom. The number of aryl methyl sites for hydroxylation is 1. The van der Waals surface area contributed by atoms with Gasteiger partial charge in [0.2, 0.25) is 0 Å². The van der Waals surface area contributed by atoms with Crippen LogP contribution < -0.4 is 0 Å². The van der Waals surface area contributed by atoms with E-state index in [0.717, 1.165) is 35.0 Å². The summed E-state index contributed by atoms with van der Waals surface area (Å²) in [4.78, 5) is 15.8. The lowest BCUT2D eigenvalue weighted by Crippen LogP contribution is -2.46. The van der Waals surface area contributed by atoms with Crippen molar-refractivity contribution in [3.63, 3.8) is 0 Å². The molecule has 1 amide bonds. The van der Waals surface area contributed by atoms with Gasteiger partial charge in [-0.15, -0.1) is 11.3 Å². The molecule has 0 aromatic carbocycles. The zero-order valence-corrected chi connectivity index (χ0v) is 14.8. The van der Waals surface area contributed by atoms with Gasteiger partial charge in [0, 0.05) is 28.1 Å². The van der Waals surface area contributed by atoms with Crippen LogP contribution in [0.2, 0.25) is 0 Å². The molecule has 4 nitrogen and oxygen atoms in total. The van der Waals surface area contributed by atoms with Crippen molar-refractivity contribution in [2.45, 2.75) is 50.7 Å². The molecule has 4 rings (SSSR count). The lowest BCUT2D eigenvalue weighted by Gasteiger charge is -2.38. The van der Waals surface area contributed by atoms with Crippen LogP contribution in [0, 0.1) is 6.92 Å². The first-order valence-electron chi connectivity index (χ1n) is 7.69. The Morgan fingerprint density at radius 3 is 2.59 bits per heavy atom. The number of thiophene rings is 1. The molecule has 0 saturated carbocycles. The minimum absolute atomic E-state index is 0.207. The van der Waals surface area contributed by atoms with Crippen molar-refractivity contribution in [1.82, 2.24) is 14.7 Å². The zero-order chi connectivity index (χ0) is 15.3. The van der Waals surface area contributed by atoms with Gasteiger partial charge < -0.3 is 4.90 Å². The van der Waals surface area contributed by atoms with Gasteiger partial charge in [0.1, 0.15) is 0 Å². The van der Waals surface area contributed by atoms with Crippen LogP contribution in [0.15, 0.2) is 28.3 Å². The lowest BCUT2D eigenvalue weighted by atomic mass is 9.97. The first kappa shape index (κ1) is 14.5. The molecule has 0 N–H and O–H groups in total. The number of amides is 1. The maximum absolute atomic E-state index is 12.8. The molecule has 116 valence electrons. The van der Waals surface area contributed by atoms with Crippen LogP contribution in [-0.4, -0.2) is 32.7 Å². The average molecular weight is 380 g/mol. The summed E-state index contributed by atoms with van der Waals surface area (Å²) in [7, 11) is 0. The van der Waals surface area contributed by atoms with Crippen molar-refractivity contribution in [2.75, 3.05) is 0 Å². The smallest absolute Gasteiger partial charge is 0.264 e. The van der Waals surface area contributed by atoms with Crippen molar-refractivity contribution in [3.8, 4) is 0 Å². The van der Waals surface area contributed by atoms with Crippen molar-refractivity contribution in [3.05, 3.63) is 38.8 Å². The highest BCUT2D eigenvalue weighted by atomic mass is 79.9. The van der Waals surface area contributed by atoms with Gasteiger partial charge in [0.05, 0.1) is 17.1 Å². The van der Waals surface area contributed by atoms with E-state index >= 15 is 0 Å². The standard InChI is InChI=1S/C16H18BrN3OS/c1-10-7-18-19(8-10)14-5-12-2-3-13(6-14)20(12)16(21)15-4-11(17)9-22-15/h4,7-9,12-14H,2-3,5-6H2,1H3. The molecule has 2 aromatic heterocycles. The Bertz CT molecular complexity index is 696. The Hall–Kier alpha value is -1.14. The molecular weight excluding hydrogens is 362 g/mol. The third-order valence-corrected chi connectivity index (χ3v) is 6.50. The topological polar surface area (TPSA) is 38.1 Å². The summed E-state index contributed by atoms with van der Waals surface area (Å²) in [6.45, 7) is 2.07. The maximum atomic E-state index is 12.8. The molecule has 2 aliphatic rings. The fourth-order valence-corrected chi connectivity index (χ4v) is 5.25. The molecule has 2 unspecified atom stereocenters. The molecule has 4 heterocycles. The summed E-state index contributed by atoms with van der Waals surface area (Å²) in [5, 5.41) is 6.46. The average Bonchev–Trinajstić information content (AvgIpc) is 3.17. The number of aromatic nitrogens is 2. The highest BCUT2D eigenvalue weighted by Crippen LogP contribution is 2.42. The van der Waals surface area contributed by atoms with Crippen LogP contribution in [0.4, 0.5) is 0 Å². The van der Waals surface area contributed by atoms with Gasteiger partial charge in [0.15, 0.2) is 0 Å². The third-order valence-electron chi connectivity index (χ3n) is 4.83. The first-order valence-corrected chi connectivity index (χ1v) is 9.36. The molecule has 2 aromatic rings. The summed E-state index contributed by atoms with van der Waals surface area (Å²) in [6, 6.07) is 3.10. The summed E-state index contributed by atoms with van der Waals surface area (Å²) in [5.74, 6) is 0.207. The summed E-state index contributed by atoms with van der Waals surface area (Å²) in [5.41, 5.74) is 1.20. The van der Waals surface area contributed by atoms with Crippen LogP contribution in [0.5, 0.6) is 0 Å². The predicted octanol–water partition coefficient (Wildman–Crippen LogP) is 4.02. The highest BCUT2D eigenvalue weighted by Gasteiger charge is 2.44. The number of carbonyl (C=O) groups is 1. The van der Waals surface area contributed by atoms with Crippen molar-refractivity contribution < 1.29 is 4.79 Å². The van der Waals surface area contributed by atoms with Crippen molar-refractivity contribution >= 4 is 33.2 Å². The molecule has 22 heavy (non-hydrogen) atoms. The lowest BCUT2D eigenvalue weighted by molar-refractivity contribution is 0.0529. The minimum atomic E-state index is 0.207. The Morgan fingerprint density at radius 1 is 1.32 bits per heavy atom. The molecule has 0 aliphatic carbocycles. The Labute approximate surface area is 142 Å². The van der Waals surface area contributed by atoms with Gasteiger partial charge in [-0.1, -0.05) is 0 Å². The van der Waals surface area contributed by atoms with Gasteiger partial charge >= 0.3 is 0 Å². The molecule has 2 fully saturated rings. The summed E-state index contributed by atoms with van der Waals surface area (Å²) >= 11 is 4.97. The minimum Gasteiger partial charge on any atom is -0.332 e. The van der Waals surface area contributed by atoms with Gasteiger partial charge in [-0.2, -0.15) is 5.10 Å². The van der Waals surface area contributed by atoms with E-state index < -0.39 is 0 Å². The SMILES string of the molecule is Cc1cnn(C2CC3CCC(C2)N3C(=O)c2cc(Br)cs2)c1. The van der Waals surface area contributed by atoms with Gasteiger partial charge in [0.25, 0.3) is 5.91 Å². The predicted molar refractivity (Wildman–Crippen MR) is 90.2 cm³/mol. The number of nitrogens with zero attached hydrogens (tertiary/aromatic N) is 3. The summed E-state index contributed by atoms with van der Waals surface area (Å²) in [6.07, 6.45) is 8.34. The number of hydrogen-bond donors (Lipinski definition) is 0. The van der Waals surface area contributed by atoms with Crippen LogP contribution in [0.25, 0.3) is 0 Å². The van der Waals surface area contributed by atoms with E-state index in [1.54, 1.807) is 0 Å². The quantitative estimate of drug-likeness (QED) is 0.789. The molecule has 2 saturated heterocycles. The van der Waals surface area contributed by atoms with E-state index in [0.29, 0.717) is 18.1 Å². The second-order valence-electron chi connectivity index (χ2n) is 6.35. The van der Waals surface area contributed by atoms with E-state index in [1.807, 2.05) is 17.6 Å². The second kappa shape index (κ2) is 5.49. The van der Waals surface area contributed by atoms with Crippen molar-refractivity contribution in [1.29, 1.82) is 0 Å². The molecule has 2 atom stereocenters. The Kier molecular flexibility index (Phi) is 3.61. The fraction of sp³-hybridized carbons (Fsp3) is 0.500. The van der Waals surface area contributed by atoms with E-state index in [4.69, 9.17) is 0 Å². The van der Waals surface area contributed by atoms with Gasteiger partial charge in [-0.25, -0.2) is 0 Å². The van der Waals surface area contributed by atoms with E-state index in [9.17, 15) is 4.79 Å². The number of halogens is 1. The number of hydrogen-bond acceptors (Lipinski definition) is 3.